The van der Waals surface area contributed by atoms with Crippen molar-refractivity contribution in [2.24, 2.45) is 0 Å². The second-order valence-corrected chi connectivity index (χ2v) is 12.0. The molecule has 4 aromatic carbocycles. The molecule has 7 rings (SSSR count). The topological polar surface area (TPSA) is 55.7 Å². The summed E-state index contributed by atoms with van der Waals surface area (Å²) in [7, 11) is -3.05. The maximum Gasteiger partial charge on any atom is 0.171 e. The van der Waals surface area contributed by atoms with Crippen LogP contribution in [0.3, 0.4) is 0 Å². The second kappa shape index (κ2) is 9.02. The van der Waals surface area contributed by atoms with E-state index in [-0.39, 0.29) is 0 Å². The molecule has 180 valence electrons. The molecule has 0 aliphatic rings. The van der Waals surface area contributed by atoms with E-state index >= 15 is 0 Å². The van der Waals surface area contributed by atoms with E-state index in [9.17, 15) is 4.57 Å². The fourth-order valence-corrected chi connectivity index (χ4v) is 7.84. The summed E-state index contributed by atoms with van der Waals surface area (Å²) in [4.78, 5) is 14.5. The Kier molecular flexibility index (Phi) is 5.35. The zero-order valence-corrected chi connectivity index (χ0v) is 21.3. The molecule has 0 saturated carbocycles. The van der Waals surface area contributed by atoms with Crippen molar-refractivity contribution >= 4 is 55.8 Å². The standard InChI is InChI=1S/C33H22N3OP/c37-38(25-10-3-1-4-11-25,26-12-5-2-6-13-26)27-18-15-24(16-19-27)30-28-14-8-22-35-32(28)29-20-17-23-9-7-21-34-31(23)33(29)36-30/h1-22H. The minimum Gasteiger partial charge on any atom is -0.309 e. The number of fused-ring (bicyclic) bond motifs is 5. The first-order valence-electron chi connectivity index (χ1n) is 12.5. The van der Waals surface area contributed by atoms with Crippen LogP contribution in [0.25, 0.3) is 44.0 Å². The second-order valence-electron chi connectivity index (χ2n) is 9.22. The summed E-state index contributed by atoms with van der Waals surface area (Å²) in [6.07, 6.45) is 3.61. The Morgan fingerprint density at radius 1 is 0.474 bits per heavy atom. The lowest BCUT2D eigenvalue weighted by Gasteiger charge is -2.20. The molecule has 0 amide bonds. The highest BCUT2D eigenvalue weighted by molar-refractivity contribution is 7.85. The molecule has 38 heavy (non-hydrogen) atoms. The van der Waals surface area contributed by atoms with Gasteiger partial charge in [0.25, 0.3) is 0 Å². The van der Waals surface area contributed by atoms with Crippen LogP contribution in [0.2, 0.25) is 0 Å². The van der Waals surface area contributed by atoms with Gasteiger partial charge in [0.15, 0.2) is 7.14 Å². The Morgan fingerprint density at radius 3 is 1.76 bits per heavy atom. The van der Waals surface area contributed by atoms with Gasteiger partial charge in [0.05, 0.1) is 22.2 Å². The first-order chi connectivity index (χ1) is 18.7. The van der Waals surface area contributed by atoms with Gasteiger partial charge < -0.3 is 4.57 Å². The van der Waals surface area contributed by atoms with Crippen LogP contribution in [0.15, 0.2) is 134 Å². The Bertz CT molecular complexity index is 1950. The largest absolute Gasteiger partial charge is 0.309 e. The third-order valence-corrected chi connectivity index (χ3v) is 10.1. The highest BCUT2D eigenvalue weighted by Crippen LogP contribution is 2.43. The summed E-state index contributed by atoms with van der Waals surface area (Å²) in [6, 6.07) is 39.6. The molecule has 0 aliphatic carbocycles. The van der Waals surface area contributed by atoms with Gasteiger partial charge in [-0.2, -0.15) is 0 Å². The predicted octanol–water partition coefficient (Wildman–Crippen LogP) is 6.64. The van der Waals surface area contributed by atoms with E-state index in [0.29, 0.717) is 0 Å². The van der Waals surface area contributed by atoms with Crippen LogP contribution in [0.1, 0.15) is 0 Å². The van der Waals surface area contributed by atoms with Gasteiger partial charge in [-0.1, -0.05) is 97.1 Å². The minimum absolute atomic E-state index is 0.786. The van der Waals surface area contributed by atoms with Gasteiger partial charge >= 0.3 is 0 Å². The van der Waals surface area contributed by atoms with Crippen molar-refractivity contribution in [2.45, 2.75) is 0 Å². The summed E-state index contributed by atoms with van der Waals surface area (Å²) >= 11 is 0. The molecule has 3 aromatic heterocycles. The number of pyridine rings is 3. The number of hydrogen-bond donors (Lipinski definition) is 0. The van der Waals surface area contributed by atoms with Crippen LogP contribution >= 0.6 is 7.14 Å². The summed E-state index contributed by atoms with van der Waals surface area (Å²) < 4.78 is 14.8. The molecule has 0 unspecified atom stereocenters. The van der Waals surface area contributed by atoms with Gasteiger partial charge in [-0.05, 0) is 24.3 Å². The van der Waals surface area contributed by atoms with Crippen LogP contribution in [0.4, 0.5) is 0 Å². The van der Waals surface area contributed by atoms with Gasteiger partial charge in [0.2, 0.25) is 0 Å². The maximum atomic E-state index is 14.8. The normalized spacial score (nSPS) is 11.8. The maximum absolute atomic E-state index is 14.8. The smallest absolute Gasteiger partial charge is 0.171 e. The van der Waals surface area contributed by atoms with Crippen molar-refractivity contribution in [3.05, 3.63) is 134 Å². The van der Waals surface area contributed by atoms with E-state index in [1.165, 1.54) is 0 Å². The van der Waals surface area contributed by atoms with Crippen LogP contribution < -0.4 is 15.9 Å². The number of nitrogens with zero attached hydrogens (tertiary/aromatic N) is 3. The Hall–Kier alpha value is -4.66. The molecular weight excluding hydrogens is 485 g/mol. The van der Waals surface area contributed by atoms with Gasteiger partial charge in [-0.15, -0.1) is 0 Å². The first kappa shape index (κ1) is 22.5. The van der Waals surface area contributed by atoms with Gasteiger partial charge in [-0.3, -0.25) is 9.97 Å². The average molecular weight is 508 g/mol. The molecule has 3 heterocycles. The van der Waals surface area contributed by atoms with Gasteiger partial charge in [0.1, 0.15) is 0 Å². The molecule has 5 heteroatoms. The van der Waals surface area contributed by atoms with Crippen molar-refractivity contribution in [3.8, 4) is 11.3 Å². The van der Waals surface area contributed by atoms with Crippen LogP contribution in [0, 0.1) is 0 Å². The minimum atomic E-state index is -3.05. The molecule has 0 atom stereocenters. The number of hydrogen-bond acceptors (Lipinski definition) is 4. The Labute approximate surface area is 220 Å². The summed E-state index contributed by atoms with van der Waals surface area (Å²) in [6.45, 7) is 0. The third-order valence-electron chi connectivity index (χ3n) is 7.03. The summed E-state index contributed by atoms with van der Waals surface area (Å²) in [5, 5.41) is 5.40. The average Bonchev–Trinajstić information content (AvgIpc) is 3.01. The van der Waals surface area contributed by atoms with E-state index in [0.717, 1.165) is 59.9 Å². The SMILES string of the molecule is O=P(c1ccccc1)(c1ccccc1)c1ccc(-c2nc3c(ccc4cccnc43)c3ncccc23)cc1. The monoisotopic (exact) mass is 507 g/mol. The quantitative estimate of drug-likeness (QED) is 0.198. The summed E-state index contributed by atoms with van der Waals surface area (Å²) in [5.41, 5.74) is 4.35. The molecule has 0 N–H and O–H groups in total. The van der Waals surface area contributed by atoms with Crippen molar-refractivity contribution in [1.29, 1.82) is 0 Å². The van der Waals surface area contributed by atoms with Crippen LogP contribution in [-0.4, -0.2) is 15.0 Å². The van der Waals surface area contributed by atoms with E-state index in [1.807, 2.05) is 109 Å². The molecule has 0 fully saturated rings. The highest BCUT2D eigenvalue weighted by Gasteiger charge is 2.29. The summed E-state index contributed by atoms with van der Waals surface area (Å²) in [5.74, 6) is 0. The molecule has 7 aromatic rings. The number of benzene rings is 4. The lowest BCUT2D eigenvalue weighted by Crippen LogP contribution is -2.24. The van der Waals surface area contributed by atoms with Crippen LogP contribution in [0.5, 0.6) is 0 Å². The third kappa shape index (κ3) is 3.53. The zero-order chi connectivity index (χ0) is 25.5. The van der Waals surface area contributed by atoms with E-state index in [4.69, 9.17) is 9.97 Å². The van der Waals surface area contributed by atoms with E-state index in [1.54, 1.807) is 6.20 Å². The fraction of sp³-hybridized carbons (Fsp3) is 0. The lowest BCUT2D eigenvalue weighted by molar-refractivity contribution is 0.592. The highest BCUT2D eigenvalue weighted by atomic mass is 31.2. The molecular formula is C33H22N3OP. The molecule has 0 bridgehead atoms. The Morgan fingerprint density at radius 2 is 1.08 bits per heavy atom. The van der Waals surface area contributed by atoms with Crippen LogP contribution in [-0.2, 0) is 4.57 Å². The van der Waals surface area contributed by atoms with Crippen molar-refractivity contribution in [1.82, 2.24) is 15.0 Å². The van der Waals surface area contributed by atoms with E-state index in [2.05, 4.69) is 23.2 Å². The molecule has 0 radical (unpaired) electrons. The van der Waals surface area contributed by atoms with Crippen molar-refractivity contribution in [2.75, 3.05) is 0 Å². The molecule has 0 aliphatic heterocycles. The fourth-order valence-electron chi connectivity index (χ4n) is 5.19. The lowest BCUT2D eigenvalue weighted by atomic mass is 10.0. The van der Waals surface area contributed by atoms with Crippen molar-refractivity contribution in [3.63, 3.8) is 0 Å². The van der Waals surface area contributed by atoms with Crippen molar-refractivity contribution < 1.29 is 4.57 Å². The zero-order valence-electron chi connectivity index (χ0n) is 20.4. The molecule has 0 spiro atoms. The predicted molar refractivity (Wildman–Crippen MR) is 157 cm³/mol. The van der Waals surface area contributed by atoms with Gasteiger partial charge in [-0.25, -0.2) is 4.98 Å². The van der Waals surface area contributed by atoms with E-state index < -0.39 is 7.14 Å². The Balaban J connectivity index is 1.44. The first-order valence-corrected chi connectivity index (χ1v) is 14.2. The van der Waals surface area contributed by atoms with Gasteiger partial charge in [0, 0.05) is 50.0 Å². The molecule has 0 saturated heterocycles. The number of aromatic nitrogens is 3. The molecule has 4 nitrogen and oxygen atoms in total. The number of rotatable bonds is 4.